The molecule has 1 rings (SSSR count). The summed E-state index contributed by atoms with van der Waals surface area (Å²) in [5.41, 5.74) is 0. The molecule has 60 valence electrons. The molecule has 2 heteroatoms. The van der Waals surface area contributed by atoms with Crippen molar-refractivity contribution in [2.45, 2.75) is 32.3 Å². The van der Waals surface area contributed by atoms with Gasteiger partial charge in [0.15, 0.2) is 0 Å². The molecule has 0 bridgehead atoms. The Morgan fingerprint density at radius 3 is 3.00 bits per heavy atom. The molecule has 1 fully saturated rings. The summed E-state index contributed by atoms with van der Waals surface area (Å²) in [5.74, 6) is 0.513. The first-order chi connectivity index (χ1) is 4.84. The summed E-state index contributed by atoms with van der Waals surface area (Å²) in [5, 5.41) is 12.8. The Labute approximate surface area is 62.6 Å². The first kappa shape index (κ1) is 8.02. The van der Waals surface area contributed by atoms with Crippen LogP contribution in [0.5, 0.6) is 0 Å². The van der Waals surface area contributed by atoms with Gasteiger partial charge in [0, 0.05) is 6.54 Å². The Hall–Kier alpha value is -0.0800. The van der Waals surface area contributed by atoms with Gasteiger partial charge in [0.05, 0.1) is 6.10 Å². The van der Waals surface area contributed by atoms with E-state index in [1.54, 1.807) is 0 Å². The van der Waals surface area contributed by atoms with E-state index in [2.05, 4.69) is 12.2 Å². The highest BCUT2D eigenvalue weighted by molar-refractivity contribution is 4.76. The summed E-state index contributed by atoms with van der Waals surface area (Å²) in [6.07, 6.45) is 3.24. The fourth-order valence-electron chi connectivity index (χ4n) is 1.57. The minimum atomic E-state index is -0.0406. The molecule has 2 N–H and O–H groups in total. The summed E-state index contributed by atoms with van der Waals surface area (Å²) in [6.45, 7) is 4.16. The van der Waals surface area contributed by atoms with Crippen LogP contribution < -0.4 is 5.32 Å². The number of aliphatic hydroxyl groups is 1. The number of hydrogen-bond acceptors (Lipinski definition) is 2. The number of rotatable bonds is 2. The van der Waals surface area contributed by atoms with Crippen LogP contribution in [0.4, 0.5) is 0 Å². The predicted octanol–water partition coefficient (Wildman–Crippen LogP) is 0.757. The zero-order chi connectivity index (χ0) is 7.40. The molecule has 0 radical (unpaired) electrons. The molecule has 1 aliphatic heterocycles. The molecule has 0 unspecified atom stereocenters. The highest BCUT2D eigenvalue weighted by Gasteiger charge is 2.20. The third-order valence-electron chi connectivity index (χ3n) is 2.23. The summed E-state index contributed by atoms with van der Waals surface area (Å²) >= 11 is 0. The lowest BCUT2D eigenvalue weighted by Crippen LogP contribution is -2.39. The molecule has 1 heterocycles. The van der Waals surface area contributed by atoms with Gasteiger partial charge in [0.25, 0.3) is 0 Å². The number of hydrogen-bond donors (Lipinski definition) is 2. The van der Waals surface area contributed by atoms with E-state index in [4.69, 9.17) is 0 Å². The number of nitrogens with one attached hydrogen (secondary N) is 1. The van der Waals surface area contributed by atoms with Gasteiger partial charge in [-0.2, -0.15) is 0 Å². The van der Waals surface area contributed by atoms with Gasteiger partial charge in [0.2, 0.25) is 0 Å². The van der Waals surface area contributed by atoms with Crippen molar-refractivity contribution >= 4 is 0 Å². The highest BCUT2D eigenvalue weighted by Crippen LogP contribution is 2.15. The molecule has 1 aliphatic rings. The van der Waals surface area contributed by atoms with Crippen molar-refractivity contribution in [2.24, 2.45) is 5.92 Å². The predicted molar refractivity (Wildman–Crippen MR) is 41.9 cm³/mol. The first-order valence-electron chi connectivity index (χ1n) is 4.23. The lowest BCUT2D eigenvalue weighted by Gasteiger charge is -2.27. The van der Waals surface area contributed by atoms with Crippen LogP contribution in [0.1, 0.15) is 26.2 Å². The van der Waals surface area contributed by atoms with Crippen LogP contribution in [-0.2, 0) is 0 Å². The molecule has 0 aromatic rings. The zero-order valence-electron chi connectivity index (χ0n) is 6.64. The first-order valence-corrected chi connectivity index (χ1v) is 4.23. The van der Waals surface area contributed by atoms with Crippen LogP contribution in [0.25, 0.3) is 0 Å². The van der Waals surface area contributed by atoms with Gasteiger partial charge in [0.1, 0.15) is 0 Å². The smallest absolute Gasteiger partial charge is 0.0592 e. The molecule has 0 aromatic carbocycles. The second kappa shape index (κ2) is 3.94. The molecular weight excluding hydrogens is 126 g/mol. The molecule has 0 aromatic heterocycles. The molecule has 0 saturated carbocycles. The largest absolute Gasteiger partial charge is 0.393 e. The fraction of sp³-hybridized carbons (Fsp3) is 1.00. The zero-order valence-corrected chi connectivity index (χ0v) is 6.64. The lowest BCUT2D eigenvalue weighted by atomic mass is 9.92. The quantitative estimate of drug-likeness (QED) is 0.598. The molecular formula is C8H17NO. The van der Waals surface area contributed by atoms with E-state index in [1.165, 1.54) is 6.42 Å². The third-order valence-corrected chi connectivity index (χ3v) is 2.23. The SMILES string of the molecule is CCC[C@@H]1CNCC[C@@H]1O. The summed E-state index contributed by atoms with van der Waals surface area (Å²) in [4.78, 5) is 0. The minimum absolute atomic E-state index is 0.0406. The van der Waals surface area contributed by atoms with E-state index in [9.17, 15) is 5.11 Å². The van der Waals surface area contributed by atoms with E-state index in [1.807, 2.05) is 0 Å². The summed E-state index contributed by atoms with van der Waals surface area (Å²) in [7, 11) is 0. The van der Waals surface area contributed by atoms with Crippen molar-refractivity contribution in [3.05, 3.63) is 0 Å². The van der Waals surface area contributed by atoms with Crippen LogP contribution in [0, 0.1) is 5.92 Å². The monoisotopic (exact) mass is 143 g/mol. The topological polar surface area (TPSA) is 32.3 Å². The van der Waals surface area contributed by atoms with Gasteiger partial charge < -0.3 is 10.4 Å². The fourth-order valence-corrected chi connectivity index (χ4v) is 1.57. The molecule has 0 spiro atoms. The molecule has 0 aliphatic carbocycles. The Morgan fingerprint density at radius 1 is 1.60 bits per heavy atom. The van der Waals surface area contributed by atoms with Crippen molar-refractivity contribution in [2.75, 3.05) is 13.1 Å². The maximum atomic E-state index is 9.46. The van der Waals surface area contributed by atoms with E-state index in [0.717, 1.165) is 25.9 Å². The maximum Gasteiger partial charge on any atom is 0.0592 e. The molecule has 10 heavy (non-hydrogen) atoms. The maximum absolute atomic E-state index is 9.46. The van der Waals surface area contributed by atoms with E-state index >= 15 is 0 Å². The van der Waals surface area contributed by atoms with E-state index < -0.39 is 0 Å². The summed E-state index contributed by atoms with van der Waals surface area (Å²) < 4.78 is 0. The van der Waals surface area contributed by atoms with E-state index in [-0.39, 0.29) is 6.10 Å². The van der Waals surface area contributed by atoms with Crippen molar-refractivity contribution in [3.8, 4) is 0 Å². The average molecular weight is 143 g/mol. The van der Waals surface area contributed by atoms with Crippen LogP contribution in [-0.4, -0.2) is 24.3 Å². The standard InChI is InChI=1S/C8H17NO/c1-2-3-7-6-9-5-4-8(7)10/h7-10H,2-6H2,1H3/t7-,8+/m1/s1. The third kappa shape index (κ3) is 1.96. The van der Waals surface area contributed by atoms with Gasteiger partial charge >= 0.3 is 0 Å². The van der Waals surface area contributed by atoms with Crippen molar-refractivity contribution in [1.82, 2.24) is 5.32 Å². The average Bonchev–Trinajstić information content (AvgIpc) is 1.94. The Balaban J connectivity index is 2.25. The number of piperidine rings is 1. The Bertz CT molecular complexity index is 93.3. The normalized spacial score (nSPS) is 34.2. The van der Waals surface area contributed by atoms with Crippen LogP contribution >= 0.6 is 0 Å². The molecule has 1 saturated heterocycles. The minimum Gasteiger partial charge on any atom is -0.393 e. The van der Waals surface area contributed by atoms with Crippen LogP contribution in [0.2, 0.25) is 0 Å². The van der Waals surface area contributed by atoms with Gasteiger partial charge in [-0.1, -0.05) is 13.3 Å². The molecule has 0 amide bonds. The Kier molecular flexibility index (Phi) is 3.16. The molecule has 2 atom stereocenters. The second-order valence-corrected chi connectivity index (χ2v) is 3.11. The highest BCUT2D eigenvalue weighted by atomic mass is 16.3. The van der Waals surface area contributed by atoms with Crippen molar-refractivity contribution in [1.29, 1.82) is 0 Å². The summed E-state index contributed by atoms with van der Waals surface area (Å²) in [6, 6.07) is 0. The van der Waals surface area contributed by atoms with Crippen LogP contribution in [0.3, 0.4) is 0 Å². The van der Waals surface area contributed by atoms with E-state index in [0.29, 0.717) is 5.92 Å². The van der Waals surface area contributed by atoms with Gasteiger partial charge in [-0.25, -0.2) is 0 Å². The van der Waals surface area contributed by atoms with Crippen molar-refractivity contribution in [3.63, 3.8) is 0 Å². The van der Waals surface area contributed by atoms with Crippen LogP contribution in [0.15, 0.2) is 0 Å². The van der Waals surface area contributed by atoms with Gasteiger partial charge in [-0.15, -0.1) is 0 Å². The Morgan fingerprint density at radius 2 is 2.40 bits per heavy atom. The second-order valence-electron chi connectivity index (χ2n) is 3.11. The van der Waals surface area contributed by atoms with Gasteiger partial charge in [-0.3, -0.25) is 0 Å². The lowest BCUT2D eigenvalue weighted by molar-refractivity contribution is 0.0741. The van der Waals surface area contributed by atoms with Crippen molar-refractivity contribution < 1.29 is 5.11 Å². The van der Waals surface area contributed by atoms with Gasteiger partial charge in [-0.05, 0) is 25.3 Å². The molecule has 2 nitrogen and oxygen atoms in total. The number of aliphatic hydroxyl groups excluding tert-OH is 1.